The zero-order valence-electron chi connectivity index (χ0n) is 14.0. The molecule has 0 radical (unpaired) electrons. The van der Waals surface area contributed by atoms with Gasteiger partial charge in [0.2, 0.25) is 0 Å². The van der Waals surface area contributed by atoms with Crippen molar-refractivity contribution in [3.05, 3.63) is 65.2 Å². The number of hydrogen-bond acceptors (Lipinski definition) is 2. The lowest BCUT2D eigenvalue weighted by atomic mass is 10.0. The molecule has 1 heterocycles. The number of nitrogens with one attached hydrogen (secondary N) is 2. The lowest BCUT2D eigenvalue weighted by molar-refractivity contribution is 0.238. The zero-order chi connectivity index (χ0) is 16.8. The summed E-state index contributed by atoms with van der Waals surface area (Å²) in [7, 11) is 0. The molecule has 3 rings (SSSR count). The molecular weight excluding hydrogens is 300 g/mol. The summed E-state index contributed by atoms with van der Waals surface area (Å²) in [5.41, 5.74) is 3.66. The molecule has 0 fully saturated rings. The highest BCUT2D eigenvalue weighted by atomic mass is 16.5. The first kappa shape index (κ1) is 16.4. The number of aryl methyl sites for hydroxylation is 1. The number of hydrogen-bond donors (Lipinski definition) is 2. The highest BCUT2D eigenvalue weighted by molar-refractivity contribution is 5.74. The Morgan fingerprint density at radius 1 is 1.08 bits per heavy atom. The summed E-state index contributed by atoms with van der Waals surface area (Å²) in [6, 6.07) is 16.1. The van der Waals surface area contributed by atoms with E-state index in [-0.39, 0.29) is 11.9 Å². The molecule has 2 aromatic rings. The van der Waals surface area contributed by atoms with Crippen molar-refractivity contribution in [2.24, 2.45) is 0 Å². The topological polar surface area (TPSA) is 50.4 Å². The first-order valence-corrected chi connectivity index (χ1v) is 8.58. The summed E-state index contributed by atoms with van der Waals surface area (Å²) in [6.45, 7) is 3.93. The Bertz CT molecular complexity index is 700. The maximum Gasteiger partial charge on any atom is 0.315 e. The van der Waals surface area contributed by atoms with Crippen LogP contribution in [0.15, 0.2) is 48.5 Å². The van der Waals surface area contributed by atoms with Gasteiger partial charge in [-0.1, -0.05) is 55.8 Å². The van der Waals surface area contributed by atoms with Gasteiger partial charge in [-0.15, -0.1) is 0 Å². The van der Waals surface area contributed by atoms with E-state index in [2.05, 4.69) is 35.8 Å². The van der Waals surface area contributed by atoms with Gasteiger partial charge in [0, 0.05) is 24.6 Å². The van der Waals surface area contributed by atoms with Gasteiger partial charge < -0.3 is 15.4 Å². The first-order valence-electron chi connectivity index (χ1n) is 8.58. The second kappa shape index (κ2) is 7.86. The molecule has 24 heavy (non-hydrogen) atoms. The number of urea groups is 1. The largest absolute Gasteiger partial charge is 0.493 e. The van der Waals surface area contributed by atoms with E-state index in [4.69, 9.17) is 4.74 Å². The number of fused-ring (bicyclic) bond motifs is 1. The summed E-state index contributed by atoms with van der Waals surface area (Å²) in [5, 5.41) is 5.91. The van der Waals surface area contributed by atoms with E-state index >= 15 is 0 Å². The van der Waals surface area contributed by atoms with Gasteiger partial charge in [-0.05, 0) is 23.6 Å². The van der Waals surface area contributed by atoms with Crippen LogP contribution < -0.4 is 15.4 Å². The van der Waals surface area contributed by atoms with Crippen molar-refractivity contribution >= 4 is 6.03 Å². The number of benzene rings is 2. The molecule has 2 N–H and O–H groups in total. The van der Waals surface area contributed by atoms with Crippen LogP contribution in [-0.4, -0.2) is 19.2 Å². The quantitative estimate of drug-likeness (QED) is 0.853. The predicted molar refractivity (Wildman–Crippen MR) is 95.4 cm³/mol. The smallest absolute Gasteiger partial charge is 0.315 e. The monoisotopic (exact) mass is 324 g/mol. The number of para-hydroxylation sites is 1. The van der Waals surface area contributed by atoms with Crippen LogP contribution >= 0.6 is 0 Å². The molecular formula is C20H24N2O2. The van der Waals surface area contributed by atoms with Crippen molar-refractivity contribution in [3.63, 3.8) is 0 Å². The van der Waals surface area contributed by atoms with E-state index in [0.29, 0.717) is 19.7 Å². The van der Waals surface area contributed by atoms with Gasteiger partial charge in [-0.2, -0.15) is 0 Å². The van der Waals surface area contributed by atoms with Crippen molar-refractivity contribution in [3.8, 4) is 5.75 Å². The average molecular weight is 324 g/mol. The van der Waals surface area contributed by atoms with Gasteiger partial charge in [0.05, 0.1) is 6.61 Å². The van der Waals surface area contributed by atoms with Crippen molar-refractivity contribution < 1.29 is 9.53 Å². The van der Waals surface area contributed by atoms with E-state index < -0.39 is 0 Å². The summed E-state index contributed by atoms with van der Waals surface area (Å²) in [6.07, 6.45) is 2.14. The Morgan fingerprint density at radius 2 is 1.83 bits per heavy atom. The maximum atomic E-state index is 12.1. The van der Waals surface area contributed by atoms with Crippen molar-refractivity contribution in [1.29, 1.82) is 0 Å². The molecule has 0 saturated heterocycles. The third-order valence-electron chi connectivity index (χ3n) is 4.38. The second-order valence-corrected chi connectivity index (χ2v) is 6.13. The molecule has 1 unspecified atom stereocenters. The zero-order valence-corrected chi connectivity index (χ0v) is 14.0. The molecule has 1 aliphatic heterocycles. The van der Waals surface area contributed by atoms with Crippen molar-refractivity contribution in [2.45, 2.75) is 32.2 Å². The van der Waals surface area contributed by atoms with Crippen LogP contribution in [-0.2, 0) is 13.0 Å². The minimum Gasteiger partial charge on any atom is -0.493 e. The molecule has 2 amide bonds. The number of carbonyl (C=O) groups excluding carboxylic acids is 1. The fourth-order valence-electron chi connectivity index (χ4n) is 3.10. The minimum absolute atomic E-state index is 0.134. The summed E-state index contributed by atoms with van der Waals surface area (Å²) in [4.78, 5) is 12.1. The maximum absolute atomic E-state index is 12.1. The summed E-state index contributed by atoms with van der Waals surface area (Å²) in [5.74, 6) is 1.15. The lowest BCUT2D eigenvalue weighted by Crippen LogP contribution is -2.37. The lowest BCUT2D eigenvalue weighted by Gasteiger charge is -2.13. The van der Waals surface area contributed by atoms with Gasteiger partial charge in [0.15, 0.2) is 0 Å². The van der Waals surface area contributed by atoms with E-state index in [9.17, 15) is 4.79 Å². The first-order chi connectivity index (χ1) is 11.8. The molecule has 4 heteroatoms. The van der Waals surface area contributed by atoms with Gasteiger partial charge >= 0.3 is 6.03 Å². The van der Waals surface area contributed by atoms with E-state index in [0.717, 1.165) is 18.6 Å². The van der Waals surface area contributed by atoms with Gasteiger partial charge in [-0.25, -0.2) is 4.79 Å². The van der Waals surface area contributed by atoms with Gasteiger partial charge in [-0.3, -0.25) is 0 Å². The number of carbonyl (C=O) groups is 1. The fourth-order valence-corrected chi connectivity index (χ4v) is 3.10. The molecule has 2 aromatic carbocycles. The molecule has 126 valence electrons. The molecule has 0 aromatic heterocycles. The third kappa shape index (κ3) is 3.88. The summed E-state index contributed by atoms with van der Waals surface area (Å²) >= 11 is 0. The normalized spacial score (nSPS) is 15.5. The van der Waals surface area contributed by atoms with Crippen LogP contribution in [0.25, 0.3) is 0 Å². The van der Waals surface area contributed by atoms with Crippen LogP contribution in [0.2, 0.25) is 0 Å². The van der Waals surface area contributed by atoms with Gasteiger partial charge in [0.25, 0.3) is 0 Å². The molecule has 1 aliphatic rings. The molecule has 0 spiro atoms. The highest BCUT2D eigenvalue weighted by Crippen LogP contribution is 2.32. The van der Waals surface area contributed by atoms with Crippen molar-refractivity contribution in [2.75, 3.05) is 13.2 Å². The Hall–Kier alpha value is -2.49. The van der Waals surface area contributed by atoms with Crippen LogP contribution in [0.5, 0.6) is 5.75 Å². The predicted octanol–water partition coefficient (Wildman–Crippen LogP) is 3.61. The molecule has 0 aliphatic carbocycles. The summed E-state index contributed by atoms with van der Waals surface area (Å²) < 4.78 is 5.64. The number of rotatable bonds is 6. The third-order valence-corrected chi connectivity index (χ3v) is 4.38. The van der Waals surface area contributed by atoms with Crippen LogP contribution in [0, 0.1) is 0 Å². The standard InChI is InChI=1S/C20H24N2O2/c1-2-7-15-8-3-4-9-16(15)12-21-20(23)22-13-17-14-24-19-11-6-5-10-18(17)19/h3-6,8-11,17H,2,7,12-14H2,1H3,(H2,21,22,23). The SMILES string of the molecule is CCCc1ccccc1CNC(=O)NCC1COc2ccccc21. The molecule has 0 bridgehead atoms. The number of ether oxygens (including phenoxy) is 1. The Morgan fingerprint density at radius 3 is 2.67 bits per heavy atom. The van der Waals surface area contributed by atoms with E-state index in [1.807, 2.05) is 30.3 Å². The van der Waals surface area contributed by atoms with Crippen LogP contribution in [0.3, 0.4) is 0 Å². The molecule has 0 saturated carbocycles. The highest BCUT2D eigenvalue weighted by Gasteiger charge is 2.23. The van der Waals surface area contributed by atoms with E-state index in [1.165, 1.54) is 16.7 Å². The van der Waals surface area contributed by atoms with Crippen LogP contribution in [0.1, 0.15) is 36.0 Å². The molecule has 4 nitrogen and oxygen atoms in total. The van der Waals surface area contributed by atoms with Crippen molar-refractivity contribution in [1.82, 2.24) is 10.6 Å². The Kier molecular flexibility index (Phi) is 5.36. The Balaban J connectivity index is 1.49. The van der Waals surface area contributed by atoms with Crippen LogP contribution in [0.4, 0.5) is 4.79 Å². The average Bonchev–Trinajstić information content (AvgIpc) is 3.03. The molecule has 1 atom stereocenters. The second-order valence-electron chi connectivity index (χ2n) is 6.13. The Labute approximate surface area is 143 Å². The van der Waals surface area contributed by atoms with E-state index in [1.54, 1.807) is 0 Å². The van der Waals surface area contributed by atoms with Gasteiger partial charge in [0.1, 0.15) is 5.75 Å². The number of amides is 2. The minimum atomic E-state index is -0.134. The fraction of sp³-hybridized carbons (Fsp3) is 0.350.